The predicted molar refractivity (Wildman–Crippen MR) is 61.1 cm³/mol. The van der Waals surface area contributed by atoms with Gasteiger partial charge in [0.2, 0.25) is 0 Å². The zero-order valence-corrected chi connectivity index (χ0v) is 9.19. The van der Waals surface area contributed by atoms with Crippen molar-refractivity contribution in [3.05, 3.63) is 40.3 Å². The van der Waals surface area contributed by atoms with Gasteiger partial charge in [-0.05, 0) is 12.0 Å². The van der Waals surface area contributed by atoms with Crippen LogP contribution in [0.15, 0.2) is 29.1 Å². The lowest BCUT2D eigenvalue weighted by atomic mass is 10.0. The molecule has 0 saturated heterocycles. The summed E-state index contributed by atoms with van der Waals surface area (Å²) < 4.78 is 1.41. The highest BCUT2D eigenvalue weighted by molar-refractivity contribution is 5.83. The van der Waals surface area contributed by atoms with Gasteiger partial charge in [0, 0.05) is 12.4 Å². The van der Waals surface area contributed by atoms with Crippen molar-refractivity contribution >= 4 is 10.8 Å². The van der Waals surface area contributed by atoms with Crippen LogP contribution in [0.5, 0.6) is 0 Å². The maximum absolute atomic E-state index is 11.8. The van der Waals surface area contributed by atoms with Crippen molar-refractivity contribution in [2.24, 2.45) is 7.05 Å². The Hall–Kier alpha value is -1.64. The van der Waals surface area contributed by atoms with Crippen LogP contribution in [-0.4, -0.2) is 9.78 Å². The van der Waals surface area contributed by atoms with Crippen molar-refractivity contribution in [2.45, 2.75) is 19.8 Å². The van der Waals surface area contributed by atoms with Gasteiger partial charge in [0.1, 0.15) is 0 Å². The maximum atomic E-state index is 11.8. The maximum Gasteiger partial charge on any atom is 0.274 e. The standard InChI is InChI=1S/C12H14N2O/c1-8(2)11-9-6-4-5-7-10(9)12(15)14(3)13-11/h4-8H,1-3H3. The van der Waals surface area contributed by atoms with Crippen LogP contribution in [0.4, 0.5) is 0 Å². The fraction of sp³-hybridized carbons (Fsp3) is 0.333. The zero-order chi connectivity index (χ0) is 11.0. The smallest absolute Gasteiger partial charge is 0.267 e. The van der Waals surface area contributed by atoms with E-state index in [4.69, 9.17) is 0 Å². The van der Waals surface area contributed by atoms with Crippen LogP contribution in [0.25, 0.3) is 10.8 Å². The fourth-order valence-electron chi connectivity index (χ4n) is 1.75. The molecule has 0 aliphatic carbocycles. The summed E-state index contributed by atoms with van der Waals surface area (Å²) in [4.78, 5) is 11.8. The van der Waals surface area contributed by atoms with E-state index in [1.54, 1.807) is 7.05 Å². The molecule has 1 aromatic carbocycles. The quantitative estimate of drug-likeness (QED) is 0.709. The Morgan fingerprint density at radius 3 is 2.40 bits per heavy atom. The van der Waals surface area contributed by atoms with Gasteiger partial charge in [-0.15, -0.1) is 0 Å². The third kappa shape index (κ3) is 1.54. The minimum absolute atomic E-state index is 0.0324. The van der Waals surface area contributed by atoms with Crippen LogP contribution in [0.2, 0.25) is 0 Å². The Kier molecular flexibility index (Phi) is 2.31. The van der Waals surface area contributed by atoms with Gasteiger partial charge in [0.25, 0.3) is 5.56 Å². The lowest BCUT2D eigenvalue weighted by molar-refractivity contribution is 0.666. The van der Waals surface area contributed by atoms with Crippen molar-refractivity contribution in [3.8, 4) is 0 Å². The minimum Gasteiger partial charge on any atom is -0.267 e. The van der Waals surface area contributed by atoms with Gasteiger partial charge in [-0.25, -0.2) is 4.68 Å². The number of fused-ring (bicyclic) bond motifs is 1. The minimum atomic E-state index is -0.0324. The lowest BCUT2D eigenvalue weighted by Crippen LogP contribution is -2.21. The molecule has 0 spiro atoms. The molecule has 0 unspecified atom stereocenters. The van der Waals surface area contributed by atoms with Gasteiger partial charge >= 0.3 is 0 Å². The molecular weight excluding hydrogens is 188 g/mol. The van der Waals surface area contributed by atoms with E-state index >= 15 is 0 Å². The molecule has 0 amide bonds. The van der Waals surface area contributed by atoms with E-state index in [-0.39, 0.29) is 5.56 Å². The molecule has 0 N–H and O–H groups in total. The normalized spacial score (nSPS) is 11.2. The van der Waals surface area contributed by atoms with Crippen molar-refractivity contribution in [1.29, 1.82) is 0 Å². The monoisotopic (exact) mass is 202 g/mol. The summed E-state index contributed by atoms with van der Waals surface area (Å²) >= 11 is 0. The molecule has 78 valence electrons. The summed E-state index contributed by atoms with van der Waals surface area (Å²) in [7, 11) is 1.70. The van der Waals surface area contributed by atoms with Crippen molar-refractivity contribution in [2.75, 3.05) is 0 Å². The van der Waals surface area contributed by atoms with Gasteiger partial charge in [-0.3, -0.25) is 4.79 Å². The first-order valence-corrected chi connectivity index (χ1v) is 5.07. The van der Waals surface area contributed by atoms with Gasteiger partial charge in [0.15, 0.2) is 0 Å². The molecule has 0 atom stereocenters. The van der Waals surface area contributed by atoms with Gasteiger partial charge in [-0.2, -0.15) is 5.10 Å². The van der Waals surface area contributed by atoms with E-state index < -0.39 is 0 Å². The summed E-state index contributed by atoms with van der Waals surface area (Å²) in [6.45, 7) is 4.17. The summed E-state index contributed by atoms with van der Waals surface area (Å²) in [6.07, 6.45) is 0. The third-order valence-electron chi connectivity index (χ3n) is 2.53. The summed E-state index contributed by atoms with van der Waals surface area (Å²) in [5.74, 6) is 0.321. The van der Waals surface area contributed by atoms with Crippen LogP contribution in [-0.2, 0) is 7.05 Å². The van der Waals surface area contributed by atoms with Crippen LogP contribution in [0, 0.1) is 0 Å². The SMILES string of the molecule is CC(C)c1nn(C)c(=O)c2ccccc12. The number of aryl methyl sites for hydroxylation is 1. The van der Waals surface area contributed by atoms with Crippen molar-refractivity contribution in [3.63, 3.8) is 0 Å². The molecular formula is C12H14N2O. The van der Waals surface area contributed by atoms with Gasteiger partial charge in [-0.1, -0.05) is 32.0 Å². The molecule has 0 fully saturated rings. The Labute approximate surface area is 88.4 Å². The van der Waals surface area contributed by atoms with Crippen LogP contribution in [0.3, 0.4) is 0 Å². The number of rotatable bonds is 1. The highest BCUT2D eigenvalue weighted by Gasteiger charge is 2.10. The average molecular weight is 202 g/mol. The lowest BCUT2D eigenvalue weighted by Gasteiger charge is -2.10. The number of hydrogen-bond donors (Lipinski definition) is 0. The summed E-state index contributed by atoms with van der Waals surface area (Å²) in [5.41, 5.74) is 0.947. The molecule has 1 heterocycles. The van der Waals surface area contributed by atoms with Gasteiger partial charge in [0.05, 0.1) is 11.1 Å². The highest BCUT2D eigenvalue weighted by atomic mass is 16.1. The second-order valence-electron chi connectivity index (χ2n) is 4.01. The molecule has 0 aliphatic heterocycles. The molecule has 2 aromatic rings. The van der Waals surface area contributed by atoms with E-state index in [9.17, 15) is 4.79 Å². The van der Waals surface area contributed by atoms with E-state index in [2.05, 4.69) is 18.9 Å². The van der Waals surface area contributed by atoms with E-state index in [0.717, 1.165) is 16.5 Å². The summed E-state index contributed by atoms with van der Waals surface area (Å²) in [6, 6.07) is 7.63. The molecule has 2 rings (SSSR count). The Bertz CT molecular complexity index is 555. The van der Waals surface area contributed by atoms with Gasteiger partial charge < -0.3 is 0 Å². The predicted octanol–water partition coefficient (Wildman–Crippen LogP) is 2.06. The molecule has 0 aliphatic rings. The first-order chi connectivity index (χ1) is 7.11. The Balaban J connectivity index is 2.95. The van der Waals surface area contributed by atoms with Crippen molar-refractivity contribution < 1.29 is 0 Å². The number of hydrogen-bond acceptors (Lipinski definition) is 2. The highest BCUT2D eigenvalue weighted by Crippen LogP contribution is 2.20. The second-order valence-corrected chi connectivity index (χ2v) is 4.01. The van der Waals surface area contributed by atoms with E-state index in [0.29, 0.717) is 5.92 Å². The molecule has 0 radical (unpaired) electrons. The van der Waals surface area contributed by atoms with Crippen LogP contribution >= 0.6 is 0 Å². The van der Waals surface area contributed by atoms with Crippen LogP contribution < -0.4 is 5.56 Å². The number of nitrogens with zero attached hydrogens (tertiary/aromatic N) is 2. The average Bonchev–Trinajstić information content (AvgIpc) is 2.23. The summed E-state index contributed by atoms with van der Waals surface area (Å²) in [5, 5.41) is 6.02. The molecule has 1 aromatic heterocycles. The number of benzene rings is 1. The molecule has 3 heteroatoms. The van der Waals surface area contributed by atoms with Crippen molar-refractivity contribution in [1.82, 2.24) is 9.78 Å². The topological polar surface area (TPSA) is 34.9 Å². The third-order valence-corrected chi connectivity index (χ3v) is 2.53. The molecule has 0 bridgehead atoms. The largest absolute Gasteiger partial charge is 0.274 e. The Morgan fingerprint density at radius 2 is 1.80 bits per heavy atom. The first kappa shape index (κ1) is 9.90. The Morgan fingerprint density at radius 1 is 1.20 bits per heavy atom. The number of aromatic nitrogens is 2. The fourth-order valence-corrected chi connectivity index (χ4v) is 1.75. The van der Waals surface area contributed by atoms with E-state index in [1.165, 1.54) is 4.68 Å². The van der Waals surface area contributed by atoms with Crippen LogP contribution in [0.1, 0.15) is 25.5 Å². The first-order valence-electron chi connectivity index (χ1n) is 5.07. The molecule has 15 heavy (non-hydrogen) atoms. The zero-order valence-electron chi connectivity index (χ0n) is 9.19. The molecule has 3 nitrogen and oxygen atoms in total. The second kappa shape index (κ2) is 3.50. The molecule has 0 saturated carbocycles. The van der Waals surface area contributed by atoms with E-state index in [1.807, 2.05) is 24.3 Å².